The summed E-state index contributed by atoms with van der Waals surface area (Å²) in [6.07, 6.45) is 3.67. The van der Waals surface area contributed by atoms with Crippen molar-refractivity contribution in [2.45, 2.75) is 26.3 Å². The van der Waals surface area contributed by atoms with Crippen LogP contribution in [0.1, 0.15) is 30.1 Å². The second-order valence-corrected chi connectivity index (χ2v) is 8.01. The molecule has 154 valence electrons. The smallest absolute Gasteiger partial charge is 0.295 e. The van der Waals surface area contributed by atoms with Crippen LogP contribution in [0.15, 0.2) is 30.5 Å². The Morgan fingerprint density at radius 3 is 2.59 bits per heavy atom. The van der Waals surface area contributed by atoms with E-state index in [2.05, 4.69) is 6.92 Å². The molecule has 2 fully saturated rings. The minimum Gasteiger partial charge on any atom is -0.378 e. The number of piperidine rings is 1. The van der Waals surface area contributed by atoms with Crippen LogP contribution in [0.3, 0.4) is 0 Å². The van der Waals surface area contributed by atoms with Gasteiger partial charge < -0.3 is 19.1 Å². The molecule has 0 aliphatic carbocycles. The lowest BCUT2D eigenvalue weighted by molar-refractivity contribution is -0.135. The first-order valence-electron chi connectivity index (χ1n) is 10.3. The lowest BCUT2D eigenvalue weighted by atomic mass is 9.99. The number of hydrogen-bond acceptors (Lipinski definition) is 4. The number of ketones is 1. The first-order valence-corrected chi connectivity index (χ1v) is 10.3. The van der Waals surface area contributed by atoms with Gasteiger partial charge >= 0.3 is 0 Å². The van der Waals surface area contributed by atoms with E-state index in [-0.39, 0.29) is 12.5 Å². The maximum absolute atomic E-state index is 13.0. The third kappa shape index (κ3) is 4.05. The molecule has 2 amide bonds. The first kappa shape index (κ1) is 19.6. The summed E-state index contributed by atoms with van der Waals surface area (Å²) in [6.45, 7) is 5.75. The van der Waals surface area contributed by atoms with E-state index >= 15 is 0 Å². The van der Waals surface area contributed by atoms with E-state index < -0.39 is 11.7 Å². The zero-order chi connectivity index (χ0) is 20.4. The molecule has 7 heteroatoms. The van der Waals surface area contributed by atoms with E-state index in [0.717, 1.165) is 18.4 Å². The van der Waals surface area contributed by atoms with Crippen LogP contribution in [-0.2, 0) is 20.9 Å². The second kappa shape index (κ2) is 8.37. The molecule has 0 N–H and O–H groups in total. The van der Waals surface area contributed by atoms with Gasteiger partial charge in [0.1, 0.15) is 6.54 Å². The van der Waals surface area contributed by atoms with Crippen LogP contribution in [0.2, 0.25) is 0 Å². The van der Waals surface area contributed by atoms with Crippen molar-refractivity contribution >= 4 is 28.5 Å². The fourth-order valence-corrected chi connectivity index (χ4v) is 4.25. The predicted molar refractivity (Wildman–Crippen MR) is 109 cm³/mol. The molecular formula is C22H27N3O4. The highest BCUT2D eigenvalue weighted by Crippen LogP contribution is 2.24. The molecular weight excluding hydrogens is 370 g/mol. The number of Topliss-reactive ketones (excluding diaryl/α,β-unsaturated/α-hetero) is 1. The monoisotopic (exact) mass is 397 g/mol. The molecule has 1 aromatic heterocycles. The molecule has 3 heterocycles. The van der Waals surface area contributed by atoms with Crippen molar-refractivity contribution in [1.82, 2.24) is 14.4 Å². The number of carbonyl (C=O) groups is 3. The molecule has 2 aliphatic heterocycles. The van der Waals surface area contributed by atoms with Gasteiger partial charge in [0.2, 0.25) is 5.91 Å². The molecule has 7 nitrogen and oxygen atoms in total. The summed E-state index contributed by atoms with van der Waals surface area (Å²) in [5, 5.41) is 0.714. The Morgan fingerprint density at radius 2 is 1.83 bits per heavy atom. The van der Waals surface area contributed by atoms with Gasteiger partial charge in [0.15, 0.2) is 0 Å². The van der Waals surface area contributed by atoms with Crippen LogP contribution in [0.25, 0.3) is 10.9 Å². The summed E-state index contributed by atoms with van der Waals surface area (Å²) < 4.78 is 7.09. The highest BCUT2D eigenvalue weighted by atomic mass is 16.5. The SMILES string of the molecule is CC1CCCN(C(=O)C(=O)c2cn(CC(=O)N3CCOCC3)c3ccccc23)C1. The lowest BCUT2D eigenvalue weighted by Gasteiger charge is -2.30. The Kier molecular flexibility index (Phi) is 5.67. The topological polar surface area (TPSA) is 71.9 Å². The fourth-order valence-electron chi connectivity index (χ4n) is 4.25. The number of fused-ring (bicyclic) bond motifs is 1. The number of aromatic nitrogens is 1. The van der Waals surface area contributed by atoms with Crippen molar-refractivity contribution in [3.8, 4) is 0 Å². The number of hydrogen-bond donors (Lipinski definition) is 0. The molecule has 2 aromatic rings. The molecule has 4 rings (SSSR count). The zero-order valence-corrected chi connectivity index (χ0v) is 16.8. The quantitative estimate of drug-likeness (QED) is 0.584. The average Bonchev–Trinajstić information content (AvgIpc) is 3.12. The highest BCUT2D eigenvalue weighted by molar-refractivity contribution is 6.44. The van der Waals surface area contributed by atoms with E-state index in [1.807, 2.05) is 24.3 Å². The molecule has 0 bridgehead atoms. The predicted octanol–water partition coefficient (Wildman–Crippen LogP) is 1.94. The van der Waals surface area contributed by atoms with E-state index in [4.69, 9.17) is 4.74 Å². The summed E-state index contributed by atoms with van der Waals surface area (Å²) in [5.41, 5.74) is 1.16. The van der Waals surface area contributed by atoms with Crippen molar-refractivity contribution in [3.05, 3.63) is 36.0 Å². The van der Waals surface area contributed by atoms with Gasteiger partial charge in [-0.25, -0.2) is 0 Å². The van der Waals surface area contributed by atoms with Crippen LogP contribution in [0.5, 0.6) is 0 Å². The Bertz CT molecular complexity index is 929. The number of amides is 2. The van der Waals surface area contributed by atoms with Crippen molar-refractivity contribution in [2.24, 2.45) is 5.92 Å². The third-order valence-electron chi connectivity index (χ3n) is 5.84. The van der Waals surface area contributed by atoms with E-state index in [0.29, 0.717) is 56.3 Å². The first-order chi connectivity index (χ1) is 14.0. The van der Waals surface area contributed by atoms with Gasteiger partial charge in [0.25, 0.3) is 11.7 Å². The van der Waals surface area contributed by atoms with Crippen molar-refractivity contribution in [2.75, 3.05) is 39.4 Å². The highest BCUT2D eigenvalue weighted by Gasteiger charge is 2.29. The normalized spacial score (nSPS) is 20.1. The number of nitrogens with zero attached hydrogens (tertiary/aromatic N) is 3. The van der Waals surface area contributed by atoms with Gasteiger partial charge in [-0.2, -0.15) is 0 Å². The number of likely N-dealkylation sites (tertiary alicyclic amines) is 1. The van der Waals surface area contributed by atoms with E-state index in [1.54, 1.807) is 20.6 Å². The Hall–Kier alpha value is -2.67. The summed E-state index contributed by atoms with van der Waals surface area (Å²) in [4.78, 5) is 42.0. The van der Waals surface area contributed by atoms with Gasteiger partial charge in [0.05, 0.1) is 18.8 Å². The Morgan fingerprint density at radius 1 is 1.07 bits per heavy atom. The Labute approximate surface area is 170 Å². The molecule has 1 unspecified atom stereocenters. The van der Waals surface area contributed by atoms with Crippen LogP contribution in [-0.4, -0.2) is 71.4 Å². The third-order valence-corrected chi connectivity index (χ3v) is 5.84. The average molecular weight is 397 g/mol. The standard InChI is InChI=1S/C22H27N3O4/c1-16-5-4-8-24(13-16)22(28)21(27)18-14-25(19-7-3-2-6-17(18)19)15-20(26)23-9-11-29-12-10-23/h2-3,6-7,14,16H,4-5,8-13,15H2,1H3. The maximum Gasteiger partial charge on any atom is 0.295 e. The van der Waals surface area contributed by atoms with Crippen molar-refractivity contribution in [3.63, 3.8) is 0 Å². The molecule has 0 radical (unpaired) electrons. The van der Waals surface area contributed by atoms with Crippen LogP contribution in [0, 0.1) is 5.92 Å². The van der Waals surface area contributed by atoms with Gasteiger partial charge in [-0.15, -0.1) is 0 Å². The summed E-state index contributed by atoms with van der Waals surface area (Å²) in [7, 11) is 0. The number of ether oxygens (including phenoxy) is 1. The molecule has 1 aromatic carbocycles. The number of benzene rings is 1. The van der Waals surface area contributed by atoms with Gasteiger partial charge in [-0.3, -0.25) is 14.4 Å². The zero-order valence-electron chi connectivity index (χ0n) is 16.8. The largest absolute Gasteiger partial charge is 0.378 e. The minimum absolute atomic E-state index is 0.00997. The van der Waals surface area contributed by atoms with Crippen LogP contribution >= 0.6 is 0 Å². The summed E-state index contributed by atoms with van der Waals surface area (Å²) in [5.74, 6) is -0.538. The molecule has 2 saturated heterocycles. The van der Waals surface area contributed by atoms with Gasteiger partial charge in [0, 0.05) is 43.3 Å². The molecule has 1 atom stereocenters. The van der Waals surface area contributed by atoms with Crippen molar-refractivity contribution in [1.29, 1.82) is 0 Å². The number of para-hydroxylation sites is 1. The van der Waals surface area contributed by atoms with Crippen LogP contribution < -0.4 is 0 Å². The van der Waals surface area contributed by atoms with Gasteiger partial charge in [-0.1, -0.05) is 25.1 Å². The van der Waals surface area contributed by atoms with Crippen LogP contribution in [0.4, 0.5) is 0 Å². The molecule has 29 heavy (non-hydrogen) atoms. The second-order valence-electron chi connectivity index (χ2n) is 8.01. The number of carbonyl (C=O) groups excluding carboxylic acids is 3. The molecule has 2 aliphatic rings. The number of rotatable bonds is 4. The van der Waals surface area contributed by atoms with Crippen molar-refractivity contribution < 1.29 is 19.1 Å². The van der Waals surface area contributed by atoms with E-state index in [9.17, 15) is 14.4 Å². The minimum atomic E-state index is -0.493. The number of morpholine rings is 1. The fraction of sp³-hybridized carbons (Fsp3) is 0.500. The maximum atomic E-state index is 13.0. The van der Waals surface area contributed by atoms with Gasteiger partial charge in [-0.05, 0) is 24.8 Å². The Balaban J connectivity index is 1.59. The lowest BCUT2D eigenvalue weighted by Crippen LogP contribution is -2.42. The molecule has 0 spiro atoms. The summed E-state index contributed by atoms with van der Waals surface area (Å²) in [6, 6.07) is 7.44. The van der Waals surface area contributed by atoms with E-state index in [1.165, 1.54) is 0 Å². The summed E-state index contributed by atoms with van der Waals surface area (Å²) >= 11 is 0. The molecule has 0 saturated carbocycles.